The maximum Gasteiger partial charge on any atom is 0.270 e. The van der Waals surface area contributed by atoms with E-state index in [1.165, 1.54) is 0 Å². The number of amides is 1. The Bertz CT molecular complexity index is 918. The van der Waals surface area contributed by atoms with Crippen LogP contribution in [0.3, 0.4) is 0 Å². The van der Waals surface area contributed by atoms with Crippen LogP contribution in [0.2, 0.25) is 5.02 Å². The van der Waals surface area contributed by atoms with Crippen molar-refractivity contribution in [3.05, 3.63) is 65.3 Å². The summed E-state index contributed by atoms with van der Waals surface area (Å²) in [7, 11) is 1.63. The molecule has 1 amide bonds. The Morgan fingerprint density at radius 3 is 2.44 bits per heavy atom. The van der Waals surface area contributed by atoms with Crippen LogP contribution in [0.15, 0.2) is 54.6 Å². The molecular formula is C21H22ClN3O2. The van der Waals surface area contributed by atoms with Crippen LogP contribution in [0.25, 0.3) is 16.9 Å². The lowest BCUT2D eigenvalue weighted by Crippen LogP contribution is -2.33. The van der Waals surface area contributed by atoms with E-state index in [1.54, 1.807) is 30.0 Å². The number of aromatic nitrogens is 2. The summed E-state index contributed by atoms with van der Waals surface area (Å²) in [6, 6.07) is 16.7. The number of hydrogen-bond acceptors (Lipinski definition) is 3. The van der Waals surface area contributed by atoms with Crippen LogP contribution in [-0.2, 0) is 0 Å². The molecule has 1 aromatic heterocycles. The summed E-state index contributed by atoms with van der Waals surface area (Å²) in [6.45, 7) is 4.01. The summed E-state index contributed by atoms with van der Waals surface area (Å²) in [4.78, 5) is 12.8. The van der Waals surface area contributed by atoms with Crippen molar-refractivity contribution < 1.29 is 9.53 Å². The van der Waals surface area contributed by atoms with Crippen molar-refractivity contribution in [2.75, 3.05) is 7.11 Å². The number of carbonyl (C=O) groups excluding carboxylic acids is 1. The highest BCUT2D eigenvalue weighted by Crippen LogP contribution is 2.24. The van der Waals surface area contributed by atoms with Gasteiger partial charge >= 0.3 is 0 Å². The number of nitrogens with zero attached hydrogens (tertiary/aromatic N) is 2. The topological polar surface area (TPSA) is 56.1 Å². The van der Waals surface area contributed by atoms with E-state index in [9.17, 15) is 4.79 Å². The Morgan fingerprint density at radius 1 is 1.19 bits per heavy atom. The minimum atomic E-state index is -0.161. The number of benzene rings is 2. The number of rotatable bonds is 6. The van der Waals surface area contributed by atoms with Crippen molar-refractivity contribution in [3.8, 4) is 22.7 Å². The number of methoxy groups -OCH3 is 1. The largest absolute Gasteiger partial charge is 0.497 e. The molecular weight excluding hydrogens is 362 g/mol. The van der Waals surface area contributed by atoms with E-state index in [-0.39, 0.29) is 11.9 Å². The van der Waals surface area contributed by atoms with Crippen molar-refractivity contribution in [1.29, 1.82) is 0 Å². The predicted octanol–water partition coefficient (Wildman–Crippen LogP) is 4.73. The molecule has 0 aliphatic heterocycles. The first-order chi connectivity index (χ1) is 13.0. The second-order valence-electron chi connectivity index (χ2n) is 6.31. The Labute approximate surface area is 163 Å². The summed E-state index contributed by atoms with van der Waals surface area (Å²) in [5.41, 5.74) is 2.86. The lowest BCUT2D eigenvalue weighted by Gasteiger charge is -2.12. The smallest absolute Gasteiger partial charge is 0.270 e. The van der Waals surface area contributed by atoms with E-state index < -0.39 is 0 Å². The van der Waals surface area contributed by atoms with Crippen molar-refractivity contribution in [3.63, 3.8) is 0 Å². The standard InChI is InChI=1S/C21H22ClN3O2/c1-4-14(2)23-21(26)20-13-19(15-5-11-18(27-3)12-6-15)24-25(20)17-9-7-16(22)8-10-17/h5-14H,4H2,1-3H3,(H,23,26)/t14-/m1/s1. The van der Waals surface area contributed by atoms with Crippen molar-refractivity contribution in [2.45, 2.75) is 26.3 Å². The molecule has 3 rings (SSSR count). The molecule has 0 aliphatic carbocycles. The molecule has 0 saturated carbocycles. The number of nitrogens with one attached hydrogen (secondary N) is 1. The Balaban J connectivity index is 2.04. The number of hydrogen-bond donors (Lipinski definition) is 1. The van der Waals surface area contributed by atoms with Crippen LogP contribution in [0.1, 0.15) is 30.8 Å². The molecule has 0 fully saturated rings. The average Bonchev–Trinajstić information content (AvgIpc) is 3.14. The number of carbonyl (C=O) groups is 1. The molecule has 27 heavy (non-hydrogen) atoms. The van der Waals surface area contributed by atoms with Gasteiger partial charge < -0.3 is 10.1 Å². The van der Waals surface area contributed by atoms with Crippen molar-refractivity contribution in [2.24, 2.45) is 0 Å². The summed E-state index contributed by atoms with van der Waals surface area (Å²) < 4.78 is 6.85. The van der Waals surface area contributed by atoms with E-state index in [2.05, 4.69) is 10.4 Å². The van der Waals surface area contributed by atoms with Gasteiger partial charge in [-0.3, -0.25) is 4.79 Å². The van der Waals surface area contributed by atoms with Crippen LogP contribution in [0.5, 0.6) is 5.75 Å². The zero-order chi connectivity index (χ0) is 19.4. The molecule has 2 aromatic carbocycles. The molecule has 1 N–H and O–H groups in total. The van der Waals surface area contributed by atoms with Crippen LogP contribution in [0.4, 0.5) is 0 Å². The van der Waals surface area contributed by atoms with Gasteiger partial charge in [0.15, 0.2) is 0 Å². The third-order valence-corrected chi connectivity index (χ3v) is 4.64. The highest BCUT2D eigenvalue weighted by Gasteiger charge is 2.19. The van der Waals surface area contributed by atoms with E-state index in [0.717, 1.165) is 23.4 Å². The first kappa shape index (κ1) is 19.0. The van der Waals surface area contributed by atoms with Crippen LogP contribution >= 0.6 is 11.6 Å². The molecule has 0 radical (unpaired) electrons. The fraction of sp³-hybridized carbons (Fsp3) is 0.238. The Morgan fingerprint density at radius 2 is 1.85 bits per heavy atom. The Kier molecular flexibility index (Phi) is 5.81. The van der Waals surface area contributed by atoms with Gasteiger partial charge in [0.2, 0.25) is 0 Å². The zero-order valence-electron chi connectivity index (χ0n) is 15.6. The molecule has 0 saturated heterocycles. The lowest BCUT2D eigenvalue weighted by molar-refractivity contribution is 0.0931. The fourth-order valence-electron chi connectivity index (χ4n) is 2.62. The summed E-state index contributed by atoms with van der Waals surface area (Å²) in [5, 5.41) is 8.30. The zero-order valence-corrected chi connectivity index (χ0v) is 16.3. The minimum Gasteiger partial charge on any atom is -0.497 e. The molecule has 1 atom stereocenters. The normalized spacial score (nSPS) is 11.9. The molecule has 5 nitrogen and oxygen atoms in total. The molecule has 0 unspecified atom stereocenters. The SMILES string of the molecule is CC[C@@H](C)NC(=O)c1cc(-c2ccc(OC)cc2)nn1-c1ccc(Cl)cc1. The average molecular weight is 384 g/mol. The summed E-state index contributed by atoms with van der Waals surface area (Å²) in [5.74, 6) is 0.609. The summed E-state index contributed by atoms with van der Waals surface area (Å²) >= 11 is 6.00. The van der Waals surface area contributed by atoms with Gasteiger partial charge in [-0.15, -0.1) is 0 Å². The van der Waals surface area contributed by atoms with E-state index in [1.807, 2.05) is 50.2 Å². The van der Waals surface area contributed by atoms with Gasteiger partial charge in [-0.25, -0.2) is 4.68 Å². The second-order valence-corrected chi connectivity index (χ2v) is 6.75. The first-order valence-corrected chi connectivity index (χ1v) is 9.21. The summed E-state index contributed by atoms with van der Waals surface area (Å²) in [6.07, 6.45) is 0.853. The number of ether oxygens (including phenoxy) is 1. The molecule has 3 aromatic rings. The number of halogens is 1. The van der Waals surface area contributed by atoms with Gasteiger partial charge in [0.25, 0.3) is 5.91 Å². The molecule has 0 aliphatic rings. The third-order valence-electron chi connectivity index (χ3n) is 4.39. The fourth-order valence-corrected chi connectivity index (χ4v) is 2.75. The minimum absolute atomic E-state index is 0.0792. The molecule has 0 bridgehead atoms. The molecule has 6 heteroatoms. The highest BCUT2D eigenvalue weighted by molar-refractivity contribution is 6.30. The van der Waals surface area contributed by atoms with Gasteiger partial charge in [0, 0.05) is 16.6 Å². The molecule has 1 heterocycles. The quantitative estimate of drug-likeness (QED) is 0.669. The van der Waals surface area contributed by atoms with Gasteiger partial charge in [-0.05, 0) is 67.9 Å². The maximum atomic E-state index is 12.8. The lowest BCUT2D eigenvalue weighted by atomic mass is 10.1. The van der Waals surface area contributed by atoms with Gasteiger partial charge in [0.1, 0.15) is 11.4 Å². The second kappa shape index (κ2) is 8.27. The van der Waals surface area contributed by atoms with Gasteiger partial charge in [-0.2, -0.15) is 5.10 Å². The predicted molar refractivity (Wildman–Crippen MR) is 108 cm³/mol. The Hall–Kier alpha value is -2.79. The first-order valence-electron chi connectivity index (χ1n) is 8.83. The van der Waals surface area contributed by atoms with E-state index >= 15 is 0 Å². The molecule has 0 spiro atoms. The van der Waals surface area contributed by atoms with Crippen molar-refractivity contribution >= 4 is 17.5 Å². The van der Waals surface area contributed by atoms with Gasteiger partial charge in [0.05, 0.1) is 18.5 Å². The monoisotopic (exact) mass is 383 g/mol. The van der Waals surface area contributed by atoms with E-state index in [0.29, 0.717) is 16.4 Å². The van der Waals surface area contributed by atoms with Crippen molar-refractivity contribution in [1.82, 2.24) is 15.1 Å². The third kappa shape index (κ3) is 4.31. The van der Waals surface area contributed by atoms with Gasteiger partial charge in [-0.1, -0.05) is 18.5 Å². The highest BCUT2D eigenvalue weighted by atomic mass is 35.5. The van der Waals surface area contributed by atoms with Crippen LogP contribution < -0.4 is 10.1 Å². The van der Waals surface area contributed by atoms with E-state index in [4.69, 9.17) is 16.3 Å². The van der Waals surface area contributed by atoms with Crippen LogP contribution in [0, 0.1) is 0 Å². The maximum absolute atomic E-state index is 12.8. The molecule has 140 valence electrons. The van der Waals surface area contributed by atoms with Crippen LogP contribution in [-0.4, -0.2) is 28.8 Å².